The molecule has 0 fully saturated rings. The molecule has 210 valence electrons. The molecule has 9 rings (SSSR count). The van der Waals surface area contributed by atoms with Crippen molar-refractivity contribution in [2.75, 3.05) is 0 Å². The Morgan fingerprint density at radius 1 is 0.400 bits per heavy atom. The quantitative estimate of drug-likeness (QED) is 0.191. The Morgan fingerprint density at radius 3 is 1.78 bits per heavy atom. The summed E-state index contributed by atoms with van der Waals surface area (Å²) in [5, 5.41) is 8.11. The first-order valence-corrected chi connectivity index (χ1v) is 15.7. The molecule has 4 nitrogen and oxygen atoms in total. The molecule has 7 aromatic carbocycles. The van der Waals surface area contributed by atoms with Gasteiger partial charge in [-0.05, 0) is 39.1 Å². The molecule has 9 aromatic rings. The first-order chi connectivity index (χ1) is 22.3. The first kappa shape index (κ1) is 25.7. The first-order valence-electron chi connectivity index (χ1n) is 14.9. The second kappa shape index (κ2) is 10.4. The number of fused-ring (bicyclic) bond motifs is 6. The van der Waals surface area contributed by atoms with Crippen LogP contribution in [0, 0.1) is 0 Å². The fourth-order valence-corrected chi connectivity index (χ4v) is 7.16. The summed E-state index contributed by atoms with van der Waals surface area (Å²) in [7, 11) is 0. The van der Waals surface area contributed by atoms with E-state index in [-0.39, 0.29) is 0 Å². The van der Waals surface area contributed by atoms with Crippen LogP contribution in [0.25, 0.3) is 87.3 Å². The number of hydrogen-bond donors (Lipinski definition) is 0. The van der Waals surface area contributed by atoms with Gasteiger partial charge in [0.15, 0.2) is 17.5 Å². The lowest BCUT2D eigenvalue weighted by Crippen LogP contribution is -2.00. The Morgan fingerprint density at radius 2 is 1.02 bits per heavy atom. The second-order valence-electron chi connectivity index (χ2n) is 11.1. The Hall–Kier alpha value is -5.78. The lowest BCUT2D eigenvalue weighted by Gasteiger charge is -2.10. The molecule has 0 aliphatic heterocycles. The third-order valence-corrected chi connectivity index (χ3v) is 9.39. The van der Waals surface area contributed by atoms with Crippen molar-refractivity contribution in [1.82, 2.24) is 19.9 Å². The summed E-state index contributed by atoms with van der Waals surface area (Å²) in [5.41, 5.74) is 5.07. The Kier molecular flexibility index (Phi) is 5.96. The molecule has 0 atom stereocenters. The van der Waals surface area contributed by atoms with Crippen molar-refractivity contribution in [3.63, 3.8) is 0 Å². The second-order valence-corrected chi connectivity index (χ2v) is 12.1. The van der Waals surface area contributed by atoms with E-state index in [1.54, 1.807) is 11.3 Å². The predicted molar refractivity (Wildman–Crippen MR) is 187 cm³/mol. The van der Waals surface area contributed by atoms with Crippen LogP contribution in [0.1, 0.15) is 0 Å². The minimum atomic E-state index is 0.648. The molecule has 0 saturated carbocycles. The minimum absolute atomic E-state index is 0.648. The highest BCUT2D eigenvalue weighted by atomic mass is 32.1. The zero-order valence-corrected chi connectivity index (χ0v) is 24.9. The zero-order chi connectivity index (χ0) is 29.7. The van der Waals surface area contributed by atoms with E-state index in [0.717, 1.165) is 38.0 Å². The fourth-order valence-electron chi connectivity index (χ4n) is 6.14. The SMILES string of the molecule is c1ccc(-c2nc(-c3ccccc3)nc(-c3ccc4c(ccc5ccc6sc(-c7cccc8ccccc78)nc6c54)c3)n2)cc1. The zero-order valence-electron chi connectivity index (χ0n) is 24.1. The Balaban J connectivity index is 1.22. The van der Waals surface area contributed by atoms with Gasteiger partial charge < -0.3 is 0 Å². The molecule has 0 amide bonds. The van der Waals surface area contributed by atoms with E-state index in [2.05, 4.69) is 84.9 Å². The van der Waals surface area contributed by atoms with Crippen LogP contribution in [0.5, 0.6) is 0 Å². The van der Waals surface area contributed by atoms with Gasteiger partial charge in [-0.3, -0.25) is 0 Å². The van der Waals surface area contributed by atoms with Crippen molar-refractivity contribution in [2.45, 2.75) is 0 Å². The molecule has 0 aliphatic carbocycles. The van der Waals surface area contributed by atoms with Gasteiger partial charge in [0.1, 0.15) is 5.01 Å². The summed E-state index contributed by atoms with van der Waals surface area (Å²) >= 11 is 1.75. The summed E-state index contributed by atoms with van der Waals surface area (Å²) in [6.45, 7) is 0. The van der Waals surface area contributed by atoms with Crippen LogP contribution < -0.4 is 0 Å². The van der Waals surface area contributed by atoms with Gasteiger partial charge in [-0.1, -0.05) is 133 Å². The van der Waals surface area contributed by atoms with Gasteiger partial charge >= 0.3 is 0 Å². The standard InChI is InChI=1S/C40H24N4S/c1-3-11-27(12-4-1)37-42-38(28-13-5-2-6-14-28)44-39(43-37)30-20-22-32-29(24-30)19-18-26-21-23-34-36(35(26)32)41-40(45-34)33-17-9-15-25-10-7-8-16-31(25)33/h1-24H. The summed E-state index contributed by atoms with van der Waals surface area (Å²) in [4.78, 5) is 20.0. The highest BCUT2D eigenvalue weighted by Gasteiger charge is 2.16. The van der Waals surface area contributed by atoms with Crippen molar-refractivity contribution >= 4 is 53.9 Å². The van der Waals surface area contributed by atoms with Crippen molar-refractivity contribution in [3.8, 4) is 44.7 Å². The maximum atomic E-state index is 5.27. The van der Waals surface area contributed by atoms with E-state index in [0.29, 0.717) is 17.5 Å². The number of hydrogen-bond acceptors (Lipinski definition) is 5. The van der Waals surface area contributed by atoms with Crippen LogP contribution in [0.4, 0.5) is 0 Å². The molecule has 0 bridgehead atoms. The lowest BCUT2D eigenvalue weighted by molar-refractivity contribution is 1.07. The van der Waals surface area contributed by atoms with Crippen molar-refractivity contribution in [1.29, 1.82) is 0 Å². The van der Waals surface area contributed by atoms with Crippen molar-refractivity contribution in [3.05, 3.63) is 146 Å². The maximum absolute atomic E-state index is 5.27. The molecule has 0 radical (unpaired) electrons. The number of thiazole rings is 1. The van der Waals surface area contributed by atoms with Gasteiger partial charge in [0.25, 0.3) is 0 Å². The molecule has 0 unspecified atom stereocenters. The molecular weight excluding hydrogens is 569 g/mol. The Labute approximate surface area is 263 Å². The molecule has 45 heavy (non-hydrogen) atoms. The summed E-state index contributed by atoms with van der Waals surface area (Å²) in [5.74, 6) is 1.96. The third kappa shape index (κ3) is 4.44. The average Bonchev–Trinajstić information content (AvgIpc) is 3.56. The average molecular weight is 593 g/mol. The van der Waals surface area contributed by atoms with Crippen LogP contribution in [-0.4, -0.2) is 19.9 Å². The molecule has 5 heteroatoms. The van der Waals surface area contributed by atoms with Crippen molar-refractivity contribution in [2.24, 2.45) is 0 Å². The normalized spacial score (nSPS) is 11.6. The van der Waals surface area contributed by atoms with E-state index in [4.69, 9.17) is 19.9 Å². The van der Waals surface area contributed by atoms with Gasteiger partial charge in [0, 0.05) is 27.6 Å². The van der Waals surface area contributed by atoms with E-state index in [1.807, 2.05) is 60.7 Å². The molecule has 0 N–H and O–H groups in total. The molecular formula is C40H24N4S. The third-order valence-electron chi connectivity index (χ3n) is 8.33. The number of rotatable bonds is 4. The predicted octanol–water partition coefficient (Wildman–Crippen LogP) is 10.6. The molecule has 0 spiro atoms. The molecule has 2 aromatic heterocycles. The molecule has 0 aliphatic rings. The smallest absolute Gasteiger partial charge is 0.164 e. The van der Waals surface area contributed by atoms with Crippen LogP contribution in [-0.2, 0) is 0 Å². The summed E-state index contributed by atoms with van der Waals surface area (Å²) in [6.07, 6.45) is 0. The maximum Gasteiger partial charge on any atom is 0.164 e. The minimum Gasteiger partial charge on any atom is -0.235 e. The largest absolute Gasteiger partial charge is 0.235 e. The van der Waals surface area contributed by atoms with E-state index in [9.17, 15) is 0 Å². The highest BCUT2D eigenvalue weighted by Crippen LogP contribution is 2.40. The van der Waals surface area contributed by atoms with Crippen LogP contribution in [0.15, 0.2) is 146 Å². The number of aromatic nitrogens is 4. The Bertz CT molecular complexity index is 2480. The van der Waals surface area contributed by atoms with Crippen LogP contribution >= 0.6 is 11.3 Å². The van der Waals surface area contributed by atoms with E-state index in [1.165, 1.54) is 31.8 Å². The monoisotopic (exact) mass is 592 g/mol. The highest BCUT2D eigenvalue weighted by molar-refractivity contribution is 7.21. The van der Waals surface area contributed by atoms with Gasteiger partial charge in [-0.25, -0.2) is 19.9 Å². The molecule has 0 saturated heterocycles. The van der Waals surface area contributed by atoms with Crippen LogP contribution in [0.2, 0.25) is 0 Å². The van der Waals surface area contributed by atoms with Gasteiger partial charge in [0.05, 0.1) is 10.2 Å². The van der Waals surface area contributed by atoms with Gasteiger partial charge in [0.2, 0.25) is 0 Å². The number of nitrogens with zero attached hydrogens (tertiary/aromatic N) is 4. The van der Waals surface area contributed by atoms with E-state index < -0.39 is 0 Å². The number of benzene rings is 7. The van der Waals surface area contributed by atoms with E-state index >= 15 is 0 Å². The van der Waals surface area contributed by atoms with Gasteiger partial charge in [-0.2, -0.15) is 0 Å². The molecule has 2 heterocycles. The van der Waals surface area contributed by atoms with Crippen LogP contribution in [0.3, 0.4) is 0 Å². The topological polar surface area (TPSA) is 51.6 Å². The van der Waals surface area contributed by atoms with Gasteiger partial charge in [-0.15, -0.1) is 11.3 Å². The van der Waals surface area contributed by atoms with Crippen molar-refractivity contribution < 1.29 is 0 Å². The fraction of sp³-hybridized carbons (Fsp3) is 0. The lowest BCUT2D eigenvalue weighted by atomic mass is 9.99. The summed E-state index contributed by atoms with van der Waals surface area (Å²) < 4.78 is 1.18. The summed E-state index contributed by atoms with van der Waals surface area (Å²) in [6, 6.07) is 50.4.